The van der Waals surface area contributed by atoms with Crippen molar-refractivity contribution in [2.24, 2.45) is 5.92 Å². The van der Waals surface area contributed by atoms with E-state index in [1.165, 1.54) is 25.0 Å². The van der Waals surface area contributed by atoms with E-state index in [-0.39, 0.29) is 32.9 Å². The first-order valence-electron chi connectivity index (χ1n) is 6.15. The van der Waals surface area contributed by atoms with Crippen molar-refractivity contribution in [2.75, 3.05) is 0 Å². The summed E-state index contributed by atoms with van der Waals surface area (Å²) in [4.78, 5) is 14.2. The second-order valence-electron chi connectivity index (χ2n) is 5.17. The number of carbonyl (C=O) groups excluding carboxylic acids is 1. The van der Waals surface area contributed by atoms with Gasteiger partial charge in [0.15, 0.2) is 0 Å². The topological polar surface area (TPSA) is 20.3 Å². The standard InChI is InChI=1S/C13H21NO.2H2S/c1-9(2)13(15)14-10(3)8-11-6-4-5-7-12(11)14;;/h9-10H,4-8H2,1-3H3;2*1H2/t10-;;/m1../s1. The molecule has 2 rings (SSSR count). The highest BCUT2D eigenvalue weighted by atomic mass is 32.1. The predicted molar refractivity (Wildman–Crippen MR) is 82.0 cm³/mol. The van der Waals surface area contributed by atoms with Gasteiger partial charge in [-0.3, -0.25) is 4.79 Å². The van der Waals surface area contributed by atoms with Crippen molar-refractivity contribution in [3.05, 3.63) is 11.3 Å². The van der Waals surface area contributed by atoms with Crippen LogP contribution >= 0.6 is 27.0 Å². The van der Waals surface area contributed by atoms with Gasteiger partial charge in [-0.15, -0.1) is 0 Å². The first-order chi connectivity index (χ1) is 7.11. The van der Waals surface area contributed by atoms with Crippen LogP contribution in [0.1, 0.15) is 52.9 Å². The van der Waals surface area contributed by atoms with Crippen LogP contribution in [0.5, 0.6) is 0 Å². The third-order valence-electron chi connectivity index (χ3n) is 3.55. The van der Waals surface area contributed by atoms with E-state index in [4.69, 9.17) is 0 Å². The molecule has 1 aliphatic heterocycles. The Balaban J connectivity index is 0.00000128. The SMILES string of the molecule is CC(C)C(=O)N1C2=C(CCCC2)C[C@H]1C.S.S. The molecule has 0 unspecified atom stereocenters. The van der Waals surface area contributed by atoms with Crippen molar-refractivity contribution in [2.45, 2.75) is 58.9 Å². The highest BCUT2D eigenvalue weighted by Gasteiger charge is 2.34. The smallest absolute Gasteiger partial charge is 0.229 e. The fourth-order valence-electron chi connectivity index (χ4n) is 2.80. The molecule has 0 fully saturated rings. The van der Waals surface area contributed by atoms with E-state index in [9.17, 15) is 4.79 Å². The van der Waals surface area contributed by atoms with Crippen LogP contribution in [0.4, 0.5) is 0 Å². The monoisotopic (exact) mass is 275 g/mol. The molecule has 0 aromatic rings. The van der Waals surface area contributed by atoms with Crippen LogP contribution in [-0.2, 0) is 4.79 Å². The maximum atomic E-state index is 12.1. The van der Waals surface area contributed by atoms with Gasteiger partial charge in [-0.1, -0.05) is 13.8 Å². The number of hydrogen-bond acceptors (Lipinski definition) is 1. The molecular formula is C13H25NOS2. The second kappa shape index (κ2) is 6.74. The summed E-state index contributed by atoms with van der Waals surface area (Å²) in [7, 11) is 0. The van der Waals surface area contributed by atoms with Gasteiger partial charge in [-0.05, 0) is 44.6 Å². The molecule has 4 heteroatoms. The largest absolute Gasteiger partial charge is 0.313 e. The third kappa shape index (κ3) is 3.22. The zero-order valence-electron chi connectivity index (χ0n) is 11.0. The Labute approximate surface area is 119 Å². The molecule has 1 atom stereocenters. The molecule has 0 bridgehead atoms. The Hall–Kier alpha value is -0.0900. The van der Waals surface area contributed by atoms with Gasteiger partial charge in [0.25, 0.3) is 0 Å². The first kappa shape index (κ1) is 16.9. The van der Waals surface area contributed by atoms with Gasteiger partial charge in [-0.25, -0.2) is 0 Å². The summed E-state index contributed by atoms with van der Waals surface area (Å²) in [5.74, 6) is 0.440. The molecule has 2 nitrogen and oxygen atoms in total. The highest BCUT2D eigenvalue weighted by Crippen LogP contribution is 2.38. The van der Waals surface area contributed by atoms with Gasteiger partial charge in [-0.2, -0.15) is 27.0 Å². The summed E-state index contributed by atoms with van der Waals surface area (Å²) < 4.78 is 0. The minimum atomic E-state index is 0. The number of nitrogens with zero attached hydrogens (tertiary/aromatic N) is 1. The lowest BCUT2D eigenvalue weighted by Crippen LogP contribution is -2.37. The van der Waals surface area contributed by atoms with Gasteiger partial charge in [0.1, 0.15) is 0 Å². The van der Waals surface area contributed by atoms with E-state index in [2.05, 4.69) is 11.8 Å². The first-order valence-corrected chi connectivity index (χ1v) is 6.15. The van der Waals surface area contributed by atoms with Crippen LogP contribution in [0, 0.1) is 5.92 Å². The molecule has 0 aromatic carbocycles. The van der Waals surface area contributed by atoms with Crippen molar-refractivity contribution < 1.29 is 4.79 Å². The molecule has 17 heavy (non-hydrogen) atoms. The maximum Gasteiger partial charge on any atom is 0.229 e. The summed E-state index contributed by atoms with van der Waals surface area (Å²) in [6.45, 7) is 6.17. The molecule has 1 aliphatic carbocycles. The van der Waals surface area contributed by atoms with Crippen LogP contribution in [0.3, 0.4) is 0 Å². The summed E-state index contributed by atoms with van der Waals surface area (Å²) >= 11 is 0. The zero-order valence-corrected chi connectivity index (χ0v) is 13.0. The number of rotatable bonds is 1. The minimum Gasteiger partial charge on any atom is -0.313 e. The highest BCUT2D eigenvalue weighted by molar-refractivity contribution is 7.59. The van der Waals surface area contributed by atoms with Gasteiger partial charge in [0.05, 0.1) is 0 Å². The van der Waals surface area contributed by atoms with E-state index >= 15 is 0 Å². The molecule has 0 saturated carbocycles. The van der Waals surface area contributed by atoms with Crippen LogP contribution < -0.4 is 0 Å². The fraction of sp³-hybridized carbons (Fsp3) is 0.769. The van der Waals surface area contributed by atoms with Crippen molar-refractivity contribution in [3.63, 3.8) is 0 Å². The Morgan fingerprint density at radius 2 is 1.82 bits per heavy atom. The van der Waals surface area contributed by atoms with Crippen molar-refractivity contribution >= 4 is 32.9 Å². The molecule has 1 amide bonds. The average molecular weight is 275 g/mol. The molecule has 0 spiro atoms. The third-order valence-corrected chi connectivity index (χ3v) is 3.55. The summed E-state index contributed by atoms with van der Waals surface area (Å²) in [5, 5.41) is 0. The summed E-state index contributed by atoms with van der Waals surface area (Å²) in [6.07, 6.45) is 6.04. The average Bonchev–Trinajstić information content (AvgIpc) is 2.52. The van der Waals surface area contributed by atoms with Gasteiger partial charge in [0, 0.05) is 17.7 Å². The predicted octanol–water partition coefficient (Wildman–Crippen LogP) is 3.32. The van der Waals surface area contributed by atoms with Gasteiger partial charge >= 0.3 is 0 Å². The molecule has 0 aromatic heterocycles. The van der Waals surface area contributed by atoms with E-state index in [1.54, 1.807) is 5.57 Å². The molecule has 0 N–H and O–H groups in total. The van der Waals surface area contributed by atoms with Crippen molar-refractivity contribution in [3.8, 4) is 0 Å². The molecule has 2 aliphatic rings. The Morgan fingerprint density at radius 3 is 2.41 bits per heavy atom. The van der Waals surface area contributed by atoms with Crippen LogP contribution in [0.2, 0.25) is 0 Å². The molecule has 100 valence electrons. The quantitative estimate of drug-likeness (QED) is 0.719. The Kier molecular flexibility index (Phi) is 6.70. The fourth-order valence-corrected chi connectivity index (χ4v) is 2.80. The van der Waals surface area contributed by atoms with Crippen molar-refractivity contribution in [1.82, 2.24) is 4.90 Å². The van der Waals surface area contributed by atoms with Crippen LogP contribution in [0.25, 0.3) is 0 Å². The van der Waals surface area contributed by atoms with Gasteiger partial charge in [0.2, 0.25) is 5.91 Å². The van der Waals surface area contributed by atoms with E-state index in [1.807, 2.05) is 13.8 Å². The van der Waals surface area contributed by atoms with Gasteiger partial charge < -0.3 is 4.90 Å². The zero-order chi connectivity index (χ0) is 11.0. The number of hydrogen-bond donors (Lipinski definition) is 0. The lowest BCUT2D eigenvalue weighted by molar-refractivity contribution is -0.133. The lowest BCUT2D eigenvalue weighted by atomic mass is 9.96. The summed E-state index contributed by atoms with van der Waals surface area (Å²) in [5.41, 5.74) is 2.93. The lowest BCUT2D eigenvalue weighted by Gasteiger charge is -2.28. The second-order valence-corrected chi connectivity index (χ2v) is 5.17. The minimum absolute atomic E-state index is 0. The Bertz CT molecular complexity index is 313. The van der Waals surface area contributed by atoms with Crippen LogP contribution in [0.15, 0.2) is 11.3 Å². The van der Waals surface area contributed by atoms with Crippen LogP contribution in [-0.4, -0.2) is 16.8 Å². The van der Waals surface area contributed by atoms with Crippen molar-refractivity contribution in [1.29, 1.82) is 0 Å². The van der Waals surface area contributed by atoms with E-state index in [0.717, 1.165) is 12.8 Å². The summed E-state index contributed by atoms with van der Waals surface area (Å²) in [6, 6.07) is 0.406. The number of allylic oxidation sites excluding steroid dienone is 1. The van der Waals surface area contributed by atoms with E-state index in [0.29, 0.717) is 11.9 Å². The van der Waals surface area contributed by atoms with E-state index < -0.39 is 0 Å². The Morgan fingerprint density at radius 1 is 1.24 bits per heavy atom. The molecule has 0 saturated heterocycles. The number of amides is 1. The molecule has 0 radical (unpaired) electrons. The number of carbonyl (C=O) groups is 1. The maximum absolute atomic E-state index is 12.1. The molecule has 1 heterocycles. The normalized spacial score (nSPS) is 23.1. The molecular weight excluding hydrogens is 250 g/mol.